The predicted molar refractivity (Wildman–Crippen MR) is 133 cm³/mol. The minimum Gasteiger partial charge on any atom is -0.461 e. The number of nitrogens with one attached hydrogen (secondary N) is 1. The molecule has 1 N–H and O–H groups in total. The molecular weight excluding hydrogens is 422 g/mol. The van der Waals surface area contributed by atoms with Crippen LogP contribution in [0.1, 0.15) is 113 Å². The number of ether oxygens (including phenoxy) is 1. The summed E-state index contributed by atoms with van der Waals surface area (Å²) >= 11 is 0. The van der Waals surface area contributed by atoms with Crippen LogP contribution in [0.25, 0.3) is 0 Å². The highest BCUT2D eigenvalue weighted by Gasteiger charge is 2.74. The van der Waals surface area contributed by atoms with Crippen LogP contribution in [-0.4, -0.2) is 23.5 Å². The number of amides is 1. The van der Waals surface area contributed by atoms with E-state index in [0.717, 1.165) is 32.1 Å². The van der Waals surface area contributed by atoms with Gasteiger partial charge in [0.2, 0.25) is 5.91 Å². The molecule has 2 heterocycles. The van der Waals surface area contributed by atoms with Crippen molar-refractivity contribution < 1.29 is 14.3 Å². The van der Waals surface area contributed by atoms with Gasteiger partial charge in [-0.15, -0.1) is 0 Å². The largest absolute Gasteiger partial charge is 0.461 e. The Hall–Kier alpha value is -1.06. The van der Waals surface area contributed by atoms with Gasteiger partial charge in [-0.05, 0) is 106 Å². The Balaban J connectivity index is 1.42. The number of esters is 1. The molecule has 0 unspecified atom stereocenters. The smallest absolute Gasteiger partial charge is 0.312 e. The lowest BCUT2D eigenvalue weighted by molar-refractivity contribution is -0.231. The first kappa shape index (κ1) is 23.3. The van der Waals surface area contributed by atoms with Gasteiger partial charge in [0.15, 0.2) is 0 Å². The highest BCUT2D eigenvalue weighted by molar-refractivity contribution is 5.81. The average Bonchev–Trinajstić information content (AvgIpc) is 2.94. The van der Waals surface area contributed by atoms with Crippen LogP contribution in [0.15, 0.2) is 0 Å². The van der Waals surface area contributed by atoms with E-state index in [2.05, 4.69) is 53.8 Å². The van der Waals surface area contributed by atoms with E-state index in [1.807, 2.05) is 0 Å². The van der Waals surface area contributed by atoms with Crippen molar-refractivity contribution in [3.8, 4) is 0 Å². The molecule has 4 aliphatic carbocycles. The fourth-order valence-corrected chi connectivity index (χ4v) is 11.6. The molecule has 6 fully saturated rings. The second-order valence-corrected chi connectivity index (χ2v) is 15.4. The van der Waals surface area contributed by atoms with Gasteiger partial charge in [-0.1, -0.05) is 34.6 Å². The maximum Gasteiger partial charge on any atom is 0.312 e. The zero-order chi connectivity index (χ0) is 24.5. The summed E-state index contributed by atoms with van der Waals surface area (Å²) in [6, 6.07) is 0. The zero-order valence-corrected chi connectivity index (χ0v) is 22.7. The SMILES string of the molecule is CC1(C)CC[C@]23CC[C@]4(C)[C@H](CC[C@@H]5[C@@]6(C)CCC(=O)NC(C)(C)[C@@H]6CC[C@]54C)[C@H]2[C@H]1OC3=O. The second kappa shape index (κ2) is 6.62. The van der Waals surface area contributed by atoms with E-state index in [0.29, 0.717) is 30.1 Å². The number of rotatable bonds is 0. The molecule has 190 valence electrons. The molecular formula is C30H47NO3. The highest BCUT2D eigenvalue weighted by Crippen LogP contribution is 2.77. The number of hydrogen-bond donors (Lipinski definition) is 1. The Morgan fingerprint density at radius 1 is 0.765 bits per heavy atom. The Bertz CT molecular complexity index is 939. The first-order chi connectivity index (χ1) is 15.7. The molecule has 0 aromatic rings. The number of fused-ring (bicyclic) bond motifs is 5. The molecule has 2 saturated heterocycles. The summed E-state index contributed by atoms with van der Waals surface area (Å²) in [6.07, 6.45) is 11.0. The molecule has 4 saturated carbocycles. The fraction of sp³-hybridized carbons (Fsp3) is 0.933. The lowest BCUT2D eigenvalue weighted by Crippen LogP contribution is -2.67. The number of carbonyl (C=O) groups excluding carboxylic acids is 2. The van der Waals surface area contributed by atoms with E-state index in [1.54, 1.807) is 0 Å². The van der Waals surface area contributed by atoms with Gasteiger partial charge >= 0.3 is 5.97 Å². The maximum absolute atomic E-state index is 13.4. The van der Waals surface area contributed by atoms with E-state index in [9.17, 15) is 9.59 Å². The van der Waals surface area contributed by atoms with Crippen molar-refractivity contribution in [3.63, 3.8) is 0 Å². The normalized spacial score (nSPS) is 55.0. The zero-order valence-electron chi connectivity index (χ0n) is 22.7. The van der Waals surface area contributed by atoms with Crippen LogP contribution in [0.2, 0.25) is 0 Å². The van der Waals surface area contributed by atoms with E-state index in [1.165, 1.54) is 25.7 Å². The Kier molecular flexibility index (Phi) is 4.55. The van der Waals surface area contributed by atoms with Gasteiger partial charge in [-0.3, -0.25) is 9.59 Å². The maximum atomic E-state index is 13.4. The molecule has 2 bridgehead atoms. The molecule has 9 atom stereocenters. The molecule has 6 rings (SSSR count). The molecule has 6 aliphatic rings. The van der Waals surface area contributed by atoms with Gasteiger partial charge in [0.05, 0.1) is 5.41 Å². The van der Waals surface area contributed by atoms with Crippen LogP contribution in [-0.2, 0) is 14.3 Å². The molecule has 4 nitrogen and oxygen atoms in total. The van der Waals surface area contributed by atoms with Crippen molar-refractivity contribution in [2.24, 2.45) is 50.7 Å². The quantitative estimate of drug-likeness (QED) is 0.425. The summed E-state index contributed by atoms with van der Waals surface area (Å²) in [5.74, 6) is 2.48. The van der Waals surface area contributed by atoms with Crippen molar-refractivity contribution in [1.82, 2.24) is 5.32 Å². The van der Waals surface area contributed by atoms with E-state index in [4.69, 9.17) is 4.74 Å². The van der Waals surface area contributed by atoms with Gasteiger partial charge in [-0.25, -0.2) is 0 Å². The van der Waals surface area contributed by atoms with E-state index >= 15 is 0 Å². The molecule has 4 heteroatoms. The molecule has 34 heavy (non-hydrogen) atoms. The van der Waals surface area contributed by atoms with Crippen LogP contribution in [0, 0.1) is 50.7 Å². The van der Waals surface area contributed by atoms with Crippen LogP contribution < -0.4 is 5.32 Å². The van der Waals surface area contributed by atoms with Crippen LogP contribution in [0.4, 0.5) is 0 Å². The number of carbonyl (C=O) groups is 2. The lowest BCUT2D eigenvalue weighted by Gasteiger charge is -2.71. The Labute approximate surface area is 206 Å². The molecule has 0 spiro atoms. The van der Waals surface area contributed by atoms with Gasteiger partial charge in [0.1, 0.15) is 6.10 Å². The van der Waals surface area contributed by atoms with E-state index in [-0.39, 0.29) is 50.6 Å². The predicted octanol–water partition coefficient (Wildman–Crippen LogP) is 6.27. The first-order valence-corrected chi connectivity index (χ1v) is 14.2. The van der Waals surface area contributed by atoms with Crippen LogP contribution in [0.3, 0.4) is 0 Å². The Morgan fingerprint density at radius 3 is 2.21 bits per heavy atom. The van der Waals surface area contributed by atoms with Crippen molar-refractivity contribution in [2.75, 3.05) is 0 Å². The lowest BCUT2D eigenvalue weighted by atomic mass is 9.32. The molecule has 0 aromatic carbocycles. The third-order valence-electron chi connectivity index (χ3n) is 13.5. The van der Waals surface area contributed by atoms with Gasteiger partial charge in [0, 0.05) is 23.3 Å². The topological polar surface area (TPSA) is 55.4 Å². The van der Waals surface area contributed by atoms with Crippen molar-refractivity contribution >= 4 is 11.9 Å². The molecule has 0 radical (unpaired) electrons. The van der Waals surface area contributed by atoms with Gasteiger partial charge in [0.25, 0.3) is 0 Å². The fourth-order valence-electron chi connectivity index (χ4n) is 11.6. The third kappa shape index (κ3) is 2.57. The monoisotopic (exact) mass is 469 g/mol. The summed E-state index contributed by atoms with van der Waals surface area (Å²) in [5.41, 5.74) is 0.370. The summed E-state index contributed by atoms with van der Waals surface area (Å²) in [6.45, 7) is 17.0. The average molecular weight is 470 g/mol. The summed E-state index contributed by atoms with van der Waals surface area (Å²) in [5, 5.41) is 3.39. The van der Waals surface area contributed by atoms with Gasteiger partial charge < -0.3 is 10.1 Å². The highest BCUT2D eigenvalue weighted by atomic mass is 16.6. The second-order valence-electron chi connectivity index (χ2n) is 15.4. The third-order valence-corrected chi connectivity index (χ3v) is 13.5. The minimum absolute atomic E-state index is 0.0807. The Morgan fingerprint density at radius 2 is 1.47 bits per heavy atom. The molecule has 2 aliphatic heterocycles. The van der Waals surface area contributed by atoms with E-state index < -0.39 is 0 Å². The van der Waals surface area contributed by atoms with Crippen molar-refractivity contribution in [3.05, 3.63) is 0 Å². The summed E-state index contributed by atoms with van der Waals surface area (Å²) < 4.78 is 6.28. The standard InChI is InChI=1S/C30H47NO3/c1-25(2)14-16-30-17-15-28(6)18(22(30)23(25)34-24(30)33)8-9-20-27(5)12-11-21(32)31-26(3,4)19(27)10-13-29(20,28)7/h18-20,22-23H,8-17H2,1-7H3,(H,31,32)/t18-,19+,20-,22+,23-,27+,28-,29-,30+/m1/s1. The van der Waals surface area contributed by atoms with Crippen molar-refractivity contribution in [1.29, 1.82) is 0 Å². The summed E-state index contributed by atoms with van der Waals surface area (Å²) in [7, 11) is 0. The van der Waals surface area contributed by atoms with Crippen LogP contribution in [0.5, 0.6) is 0 Å². The summed E-state index contributed by atoms with van der Waals surface area (Å²) in [4.78, 5) is 26.0. The molecule has 1 amide bonds. The van der Waals surface area contributed by atoms with Gasteiger partial charge in [-0.2, -0.15) is 0 Å². The number of hydrogen-bond acceptors (Lipinski definition) is 3. The van der Waals surface area contributed by atoms with Crippen LogP contribution >= 0.6 is 0 Å². The van der Waals surface area contributed by atoms with Crippen molar-refractivity contribution in [2.45, 2.75) is 124 Å². The molecule has 0 aromatic heterocycles. The minimum atomic E-state index is -0.213. The first-order valence-electron chi connectivity index (χ1n) is 14.2.